The van der Waals surface area contributed by atoms with Crippen molar-refractivity contribution < 1.29 is 19.5 Å². The summed E-state index contributed by atoms with van der Waals surface area (Å²) in [5.41, 5.74) is -1.15. The summed E-state index contributed by atoms with van der Waals surface area (Å²) >= 11 is 0. The molecule has 1 aromatic rings. The Morgan fingerprint density at radius 2 is 1.84 bits per heavy atom. The second-order valence-corrected chi connectivity index (χ2v) is 5.99. The maximum atomic E-state index is 11.8. The molecule has 10 heteroatoms. The largest absolute Gasteiger partial charge is 0.480 e. The minimum absolute atomic E-state index is 0.0765. The van der Waals surface area contributed by atoms with Gasteiger partial charge in [-0.25, -0.2) is 9.59 Å². The molecule has 0 bridgehead atoms. The molecule has 0 aliphatic rings. The highest BCUT2D eigenvalue weighted by Crippen LogP contribution is 2.04. The van der Waals surface area contributed by atoms with Crippen molar-refractivity contribution in [1.82, 2.24) is 19.8 Å². The normalized spacial score (nSPS) is 11.8. The first kappa shape index (κ1) is 20.1. The summed E-state index contributed by atoms with van der Waals surface area (Å²) in [4.78, 5) is 57.7. The summed E-state index contributed by atoms with van der Waals surface area (Å²) < 4.78 is 1.87. The first-order chi connectivity index (χ1) is 11.6. The van der Waals surface area contributed by atoms with Crippen LogP contribution in [0.2, 0.25) is 0 Å². The molecule has 0 saturated carbocycles. The number of carboxylic acid groups (broad SMARTS) is 1. The maximum Gasteiger partial charge on any atom is 0.331 e. The van der Waals surface area contributed by atoms with Gasteiger partial charge in [0.25, 0.3) is 5.56 Å². The molecule has 0 aliphatic carbocycles. The third kappa shape index (κ3) is 6.24. The molecular formula is C15H22N4O6. The molecule has 2 amide bonds. The Bertz CT molecular complexity index is 764. The number of nitrogens with one attached hydrogen (secondary N) is 2. The van der Waals surface area contributed by atoms with Crippen LogP contribution in [0.5, 0.6) is 0 Å². The molecule has 1 atom stereocenters. The highest BCUT2D eigenvalue weighted by Gasteiger charge is 2.21. The Morgan fingerprint density at radius 1 is 1.20 bits per heavy atom. The SMILES string of the molecule is CC(C)C[C@H](NC(=O)CNC(=O)Cn1ccc(=O)n(C)c1=O)C(=O)O. The van der Waals surface area contributed by atoms with Crippen molar-refractivity contribution in [3.05, 3.63) is 33.1 Å². The van der Waals surface area contributed by atoms with Gasteiger partial charge in [-0.15, -0.1) is 0 Å². The van der Waals surface area contributed by atoms with Gasteiger partial charge in [-0.2, -0.15) is 0 Å². The number of amides is 2. The Kier molecular flexibility index (Phi) is 7.09. The second-order valence-electron chi connectivity index (χ2n) is 5.99. The standard InChI is InChI=1S/C15H22N4O6/c1-9(2)6-10(14(23)24)17-11(20)7-16-12(21)8-19-5-4-13(22)18(3)15(19)25/h4-5,9-10H,6-8H2,1-3H3,(H,16,21)(H,17,20)(H,23,24)/t10-/m0/s1. The number of hydrogen-bond acceptors (Lipinski definition) is 5. The van der Waals surface area contributed by atoms with Crippen LogP contribution in [-0.2, 0) is 28.0 Å². The summed E-state index contributed by atoms with van der Waals surface area (Å²) in [6, 6.07) is 0.112. The van der Waals surface area contributed by atoms with E-state index in [0.29, 0.717) is 0 Å². The third-order valence-corrected chi connectivity index (χ3v) is 3.36. The number of carboxylic acids is 1. The molecule has 3 N–H and O–H groups in total. The molecule has 0 spiro atoms. The van der Waals surface area contributed by atoms with E-state index in [1.807, 2.05) is 13.8 Å². The van der Waals surface area contributed by atoms with Crippen LogP contribution >= 0.6 is 0 Å². The molecule has 138 valence electrons. The first-order valence-corrected chi connectivity index (χ1v) is 7.67. The van der Waals surface area contributed by atoms with Crippen molar-refractivity contribution >= 4 is 17.8 Å². The third-order valence-electron chi connectivity index (χ3n) is 3.36. The van der Waals surface area contributed by atoms with Gasteiger partial charge >= 0.3 is 11.7 Å². The second kappa shape index (κ2) is 8.81. The molecule has 0 saturated heterocycles. The number of aromatic nitrogens is 2. The van der Waals surface area contributed by atoms with Crippen LogP contribution in [0.1, 0.15) is 20.3 Å². The van der Waals surface area contributed by atoms with Crippen LogP contribution in [0.3, 0.4) is 0 Å². The molecule has 0 radical (unpaired) electrons. The first-order valence-electron chi connectivity index (χ1n) is 7.67. The van der Waals surface area contributed by atoms with E-state index in [0.717, 1.165) is 15.2 Å². The number of nitrogens with zero attached hydrogens (tertiary/aromatic N) is 2. The molecular weight excluding hydrogens is 332 g/mol. The summed E-state index contributed by atoms with van der Waals surface area (Å²) in [5.74, 6) is -2.33. The van der Waals surface area contributed by atoms with E-state index in [1.165, 1.54) is 13.2 Å². The van der Waals surface area contributed by atoms with E-state index in [1.54, 1.807) is 0 Å². The van der Waals surface area contributed by atoms with Crippen LogP contribution in [0.25, 0.3) is 0 Å². The van der Waals surface area contributed by atoms with Gasteiger partial charge in [-0.1, -0.05) is 13.8 Å². The Hall–Kier alpha value is -2.91. The number of carbonyl (C=O) groups excluding carboxylic acids is 2. The van der Waals surface area contributed by atoms with Crippen LogP contribution in [-0.4, -0.2) is 44.6 Å². The average molecular weight is 354 g/mol. The van der Waals surface area contributed by atoms with E-state index in [4.69, 9.17) is 5.11 Å². The lowest BCUT2D eigenvalue weighted by molar-refractivity contribution is -0.142. The zero-order chi connectivity index (χ0) is 19.1. The average Bonchev–Trinajstić information content (AvgIpc) is 2.52. The highest BCUT2D eigenvalue weighted by molar-refractivity contribution is 5.87. The van der Waals surface area contributed by atoms with Crippen LogP contribution in [0, 0.1) is 5.92 Å². The van der Waals surface area contributed by atoms with Crippen LogP contribution < -0.4 is 21.9 Å². The molecule has 0 unspecified atom stereocenters. The summed E-state index contributed by atoms with van der Waals surface area (Å²) in [6.45, 7) is 2.87. The zero-order valence-electron chi connectivity index (χ0n) is 14.3. The zero-order valence-corrected chi connectivity index (χ0v) is 14.3. The van der Waals surface area contributed by atoms with Gasteiger partial charge in [-0.05, 0) is 12.3 Å². The Labute approximate surface area is 143 Å². The molecule has 10 nitrogen and oxygen atoms in total. The molecule has 0 aliphatic heterocycles. The van der Waals surface area contributed by atoms with Crippen molar-refractivity contribution in [2.75, 3.05) is 6.54 Å². The molecule has 1 aromatic heterocycles. The lowest BCUT2D eigenvalue weighted by Crippen LogP contribution is -2.47. The number of carbonyl (C=O) groups is 3. The van der Waals surface area contributed by atoms with Gasteiger partial charge in [-0.3, -0.25) is 23.5 Å². The molecule has 0 fully saturated rings. The van der Waals surface area contributed by atoms with Gasteiger partial charge in [0, 0.05) is 19.3 Å². The smallest absolute Gasteiger partial charge is 0.331 e. The predicted octanol–water partition coefficient (Wildman–Crippen LogP) is -1.72. The van der Waals surface area contributed by atoms with Gasteiger partial charge in [0.15, 0.2) is 0 Å². The molecule has 1 rings (SSSR count). The number of aliphatic carboxylic acids is 1. The summed E-state index contributed by atoms with van der Waals surface area (Å²) in [6.07, 6.45) is 1.45. The fourth-order valence-electron chi connectivity index (χ4n) is 2.06. The fourth-order valence-corrected chi connectivity index (χ4v) is 2.06. The van der Waals surface area contributed by atoms with Crippen LogP contribution in [0.15, 0.2) is 21.9 Å². The van der Waals surface area contributed by atoms with E-state index in [-0.39, 0.29) is 18.9 Å². The van der Waals surface area contributed by atoms with Crippen molar-refractivity contribution in [3.63, 3.8) is 0 Å². The molecule has 25 heavy (non-hydrogen) atoms. The fraction of sp³-hybridized carbons (Fsp3) is 0.533. The summed E-state index contributed by atoms with van der Waals surface area (Å²) in [5, 5.41) is 13.7. The van der Waals surface area contributed by atoms with E-state index in [2.05, 4.69) is 10.6 Å². The molecule has 1 heterocycles. The van der Waals surface area contributed by atoms with Crippen molar-refractivity contribution in [2.24, 2.45) is 13.0 Å². The number of rotatable bonds is 8. The maximum absolute atomic E-state index is 11.8. The lowest BCUT2D eigenvalue weighted by Gasteiger charge is -2.16. The molecule has 0 aromatic carbocycles. The van der Waals surface area contributed by atoms with E-state index < -0.39 is 41.6 Å². The van der Waals surface area contributed by atoms with Gasteiger partial charge in [0.05, 0.1) is 6.54 Å². The highest BCUT2D eigenvalue weighted by atomic mass is 16.4. The minimum atomic E-state index is -1.15. The van der Waals surface area contributed by atoms with Crippen LogP contribution in [0.4, 0.5) is 0 Å². The summed E-state index contributed by atoms with van der Waals surface area (Å²) in [7, 11) is 1.29. The predicted molar refractivity (Wildman–Crippen MR) is 88.0 cm³/mol. The van der Waals surface area contributed by atoms with Crippen molar-refractivity contribution in [1.29, 1.82) is 0 Å². The lowest BCUT2D eigenvalue weighted by atomic mass is 10.0. The van der Waals surface area contributed by atoms with E-state index in [9.17, 15) is 24.0 Å². The Balaban J connectivity index is 2.57. The Morgan fingerprint density at radius 3 is 2.40 bits per heavy atom. The topological polar surface area (TPSA) is 139 Å². The van der Waals surface area contributed by atoms with Crippen molar-refractivity contribution in [3.8, 4) is 0 Å². The van der Waals surface area contributed by atoms with Gasteiger partial charge in [0.2, 0.25) is 11.8 Å². The minimum Gasteiger partial charge on any atom is -0.480 e. The quantitative estimate of drug-likeness (QED) is 0.507. The van der Waals surface area contributed by atoms with Gasteiger partial charge < -0.3 is 15.7 Å². The van der Waals surface area contributed by atoms with Crippen molar-refractivity contribution in [2.45, 2.75) is 32.9 Å². The number of hydrogen-bond donors (Lipinski definition) is 3. The monoisotopic (exact) mass is 354 g/mol. The van der Waals surface area contributed by atoms with E-state index >= 15 is 0 Å². The van der Waals surface area contributed by atoms with Gasteiger partial charge in [0.1, 0.15) is 12.6 Å².